The van der Waals surface area contributed by atoms with Crippen LogP contribution >= 0.6 is 0 Å². The van der Waals surface area contributed by atoms with Crippen LogP contribution in [-0.2, 0) is 74.2 Å². The van der Waals surface area contributed by atoms with E-state index in [0.29, 0.717) is 0 Å². The van der Waals surface area contributed by atoms with Gasteiger partial charge in [0.25, 0.3) is 0 Å². The molecule has 4 heterocycles. The molecule has 9 heteroatoms. The summed E-state index contributed by atoms with van der Waals surface area (Å²) in [5, 5.41) is 12.5. The second-order valence-electron chi connectivity index (χ2n) is 7.61. The van der Waals surface area contributed by atoms with Crippen molar-refractivity contribution in [3.8, 4) is 0 Å². The minimum atomic E-state index is 0. The summed E-state index contributed by atoms with van der Waals surface area (Å²) in [7, 11) is 4.31. The van der Waals surface area contributed by atoms with Crippen LogP contribution in [0, 0.1) is 6.42 Å². The summed E-state index contributed by atoms with van der Waals surface area (Å²) < 4.78 is 0. The van der Waals surface area contributed by atoms with Gasteiger partial charge in [-0.25, -0.2) is 0 Å². The monoisotopic (exact) mass is 585 g/mol. The molecular weight excluding hydrogens is 538 g/mol. The molecule has 0 spiro atoms. The van der Waals surface area contributed by atoms with E-state index in [-0.39, 0.29) is 81.6 Å². The number of likely N-dealkylation sites (tertiary alicyclic amines) is 1. The molecule has 4 saturated heterocycles. The summed E-state index contributed by atoms with van der Waals surface area (Å²) in [6.45, 7) is 11.4. The van der Waals surface area contributed by atoms with Crippen molar-refractivity contribution < 1.29 is 74.2 Å². The van der Waals surface area contributed by atoms with Gasteiger partial charge in [-0.3, -0.25) is 0 Å². The summed E-state index contributed by atoms with van der Waals surface area (Å²) in [5.74, 6) is 0. The van der Waals surface area contributed by atoms with Crippen molar-refractivity contribution in [2.75, 3.05) is 79.5 Å². The zero-order valence-electron chi connectivity index (χ0n) is 19.3. The number of likely N-dealkylation sites (N-methyl/N-ethyl adjacent to an activating group) is 1. The Morgan fingerprint density at radius 2 is 0.806 bits per heavy atom. The third-order valence-electron chi connectivity index (χ3n) is 4.97. The van der Waals surface area contributed by atoms with Crippen molar-refractivity contribution in [3.63, 3.8) is 0 Å². The summed E-state index contributed by atoms with van der Waals surface area (Å²) >= 11 is 0. The predicted octanol–water partition coefficient (Wildman–Crippen LogP) is 4.94. The van der Waals surface area contributed by atoms with E-state index in [1.165, 1.54) is 64.5 Å². The Labute approximate surface area is 243 Å². The fourth-order valence-corrected chi connectivity index (χ4v) is 3.06. The van der Waals surface area contributed by atoms with Gasteiger partial charge in [-0.2, -0.15) is 12.8 Å². The first kappa shape index (κ1) is 43.2. The third-order valence-corrected chi connectivity index (χ3v) is 4.97. The Bertz CT molecular complexity index is 234. The van der Waals surface area contributed by atoms with Crippen LogP contribution in [0.4, 0.5) is 0 Å². The third kappa shape index (κ3) is 32.1. The van der Waals surface area contributed by atoms with Crippen molar-refractivity contribution in [1.29, 1.82) is 0 Å². The van der Waals surface area contributed by atoms with Gasteiger partial charge in [-0.05, 0) is 40.3 Å². The molecular formula is C22H47N5V4-4. The summed E-state index contributed by atoms with van der Waals surface area (Å²) in [6.07, 6.45) is 13.1. The quantitative estimate of drug-likeness (QED) is 0.379. The van der Waals surface area contributed by atoms with Gasteiger partial charge in [0, 0.05) is 74.2 Å². The topological polar surface area (TPSA) is 48.8 Å². The molecule has 5 nitrogen and oxygen atoms in total. The van der Waals surface area contributed by atoms with E-state index in [0.717, 1.165) is 52.4 Å². The first-order valence-electron chi connectivity index (χ1n) is 10.9. The molecule has 184 valence electrons. The zero-order valence-corrected chi connectivity index (χ0v) is 24.9. The van der Waals surface area contributed by atoms with Crippen molar-refractivity contribution in [2.45, 2.75) is 58.8 Å². The number of piperidine rings is 3. The van der Waals surface area contributed by atoms with Crippen LogP contribution in [0.25, 0.3) is 16.0 Å². The van der Waals surface area contributed by atoms with Gasteiger partial charge < -0.3 is 32.2 Å². The van der Waals surface area contributed by atoms with E-state index >= 15 is 0 Å². The van der Waals surface area contributed by atoms with Crippen LogP contribution in [0.5, 0.6) is 0 Å². The molecule has 4 aliphatic heterocycles. The van der Waals surface area contributed by atoms with E-state index in [1.54, 1.807) is 0 Å². The molecule has 0 N–H and O–H groups in total. The Morgan fingerprint density at radius 3 is 0.968 bits per heavy atom. The van der Waals surface area contributed by atoms with Crippen LogP contribution in [0.3, 0.4) is 0 Å². The van der Waals surface area contributed by atoms with E-state index in [1.807, 2.05) is 0 Å². The first-order chi connectivity index (χ1) is 12.8. The molecule has 0 aromatic carbocycles. The normalized spacial score (nSPS) is 20.7. The van der Waals surface area contributed by atoms with Crippen molar-refractivity contribution >= 4 is 0 Å². The second-order valence-corrected chi connectivity index (χ2v) is 7.61. The predicted molar refractivity (Wildman–Crippen MR) is 122 cm³/mol. The van der Waals surface area contributed by atoms with Crippen molar-refractivity contribution in [1.82, 2.24) is 9.80 Å². The molecule has 0 atom stereocenters. The minimum Gasteiger partial charge on any atom is -0.662 e. The minimum absolute atomic E-state index is 0. The molecule has 4 aliphatic rings. The van der Waals surface area contributed by atoms with Gasteiger partial charge in [-0.1, -0.05) is 46.0 Å². The van der Waals surface area contributed by atoms with Gasteiger partial charge >= 0.3 is 0 Å². The number of rotatable bonds is 0. The maximum Gasteiger partial charge on any atom is 0 e. The molecule has 0 unspecified atom stereocenters. The fraction of sp³-hybridized carbons (Fsp3) is 0.955. The van der Waals surface area contributed by atoms with Gasteiger partial charge in [0.1, 0.15) is 0 Å². The van der Waals surface area contributed by atoms with E-state index < -0.39 is 0 Å². The molecule has 4 radical (unpaired) electrons. The molecule has 0 saturated carbocycles. The van der Waals surface area contributed by atoms with Crippen LogP contribution in [0.1, 0.15) is 58.8 Å². The maximum atomic E-state index is 4.19. The van der Waals surface area contributed by atoms with Crippen molar-refractivity contribution in [3.05, 3.63) is 22.4 Å². The van der Waals surface area contributed by atoms with Gasteiger partial charge in [0.2, 0.25) is 0 Å². The van der Waals surface area contributed by atoms with Crippen LogP contribution in [0.2, 0.25) is 0 Å². The number of hydrogen-bond acceptors (Lipinski definition) is 2. The van der Waals surface area contributed by atoms with Gasteiger partial charge in [0.05, 0.1) is 0 Å². The van der Waals surface area contributed by atoms with Crippen LogP contribution < -0.4 is 0 Å². The summed E-state index contributed by atoms with van der Waals surface area (Å²) in [6, 6.07) is 0. The molecule has 0 amide bonds. The van der Waals surface area contributed by atoms with Crippen LogP contribution in [-0.4, -0.2) is 89.3 Å². The second kappa shape index (κ2) is 34.3. The summed E-state index contributed by atoms with van der Waals surface area (Å²) in [5.41, 5.74) is 0. The largest absolute Gasteiger partial charge is 0.662 e. The van der Waals surface area contributed by atoms with Gasteiger partial charge in [-0.15, -0.1) is 39.3 Å². The Balaban J connectivity index is -0.0000000922. The molecule has 0 bridgehead atoms. The molecule has 4 fully saturated rings. The Hall–Kier alpha value is 2.14. The zero-order chi connectivity index (χ0) is 18.7. The number of nitrogens with zero attached hydrogens (tertiary/aromatic N) is 5. The molecule has 0 aromatic rings. The maximum absolute atomic E-state index is 4.19. The molecule has 4 rings (SSSR count). The van der Waals surface area contributed by atoms with E-state index in [9.17, 15) is 0 Å². The van der Waals surface area contributed by atoms with Crippen molar-refractivity contribution in [2.24, 2.45) is 0 Å². The molecule has 0 aromatic heterocycles. The summed E-state index contributed by atoms with van der Waals surface area (Å²) in [4.78, 5) is 4.66. The molecule has 31 heavy (non-hydrogen) atoms. The Morgan fingerprint density at radius 1 is 0.484 bits per heavy atom. The van der Waals surface area contributed by atoms with Crippen LogP contribution in [0.15, 0.2) is 0 Å². The standard InChI is InChI=1S/C6H12N.C5H11N2.2C5H10N.CH4.4V/c1-7-5-3-2-4-6-7;1-7-4-2-6-3-5-7;2*1-2-4-6-5-3-1;;;;;/h2H,3-6H2,1H3;2-5H2,1H3;2*1-5H2;1H4;;;;/q4*-1;;;;;. The van der Waals surface area contributed by atoms with Gasteiger partial charge in [0.15, 0.2) is 0 Å². The number of hydrogen-bond donors (Lipinski definition) is 0. The first-order valence-corrected chi connectivity index (χ1v) is 10.9. The molecule has 0 aliphatic carbocycles. The van der Waals surface area contributed by atoms with E-state index in [4.69, 9.17) is 0 Å². The Kier molecular flexibility index (Phi) is 47.8. The SMILES string of the molecule is C.C1CC[N-]CC1.C1CC[N-]CC1.CN1CC[CH-]CC1.CN1CC[N-]CC1.[V].[V].[V].[V]. The number of piperazine rings is 1. The fourth-order valence-electron chi connectivity index (χ4n) is 3.06. The average Bonchev–Trinajstić information content (AvgIpc) is 2.73. The smallest absolute Gasteiger partial charge is 0 e. The average molecular weight is 585 g/mol. The van der Waals surface area contributed by atoms with E-state index in [2.05, 4.69) is 46.3 Å².